The number of aliphatic hydroxyl groups excluding tert-OH is 1. The van der Waals surface area contributed by atoms with E-state index in [1.165, 1.54) is 12.1 Å². The molecule has 2 rings (SSSR count). The molecule has 0 saturated carbocycles. The summed E-state index contributed by atoms with van der Waals surface area (Å²) < 4.78 is 13.1. The Morgan fingerprint density at radius 1 is 1.24 bits per heavy atom. The van der Waals surface area contributed by atoms with Crippen LogP contribution in [0, 0.1) is 5.82 Å². The normalized spacial score (nSPS) is 11.8. The van der Waals surface area contributed by atoms with Gasteiger partial charge in [0.15, 0.2) is 0 Å². The van der Waals surface area contributed by atoms with Crippen molar-refractivity contribution in [3.05, 3.63) is 51.4 Å². The number of thiophene rings is 1. The SMILES string of the molecule is O=C(NCC[C@H](CCO)c1ccsc1)C(=O)Nc1ccc(F)c(Cl)c1. The zero-order valence-electron chi connectivity index (χ0n) is 13.3. The van der Waals surface area contributed by atoms with Gasteiger partial charge in [0.2, 0.25) is 0 Å². The first-order chi connectivity index (χ1) is 12.0. The number of halogens is 2. The van der Waals surface area contributed by atoms with Crippen LogP contribution in [0.4, 0.5) is 10.1 Å². The first kappa shape index (κ1) is 19.4. The van der Waals surface area contributed by atoms with Crippen LogP contribution in [0.2, 0.25) is 5.02 Å². The Morgan fingerprint density at radius 2 is 2.04 bits per heavy atom. The molecular weight excluding hydrogens is 367 g/mol. The topological polar surface area (TPSA) is 78.4 Å². The standard InChI is InChI=1S/C17H18ClFN2O3S/c18-14-9-13(1-2-15(14)19)21-17(24)16(23)20-6-3-11(4-7-22)12-5-8-25-10-12/h1-2,5,8-11,22H,3-4,6-7H2,(H,20,23)(H,21,24)/t11-/m1/s1. The molecule has 2 amide bonds. The van der Waals surface area contributed by atoms with Crippen LogP contribution in [0.1, 0.15) is 24.3 Å². The van der Waals surface area contributed by atoms with Gasteiger partial charge < -0.3 is 15.7 Å². The summed E-state index contributed by atoms with van der Waals surface area (Å²) in [5.74, 6) is -2.12. The Morgan fingerprint density at radius 3 is 2.68 bits per heavy atom. The van der Waals surface area contributed by atoms with Crippen LogP contribution in [0.5, 0.6) is 0 Å². The van der Waals surface area contributed by atoms with Gasteiger partial charge in [-0.15, -0.1) is 0 Å². The molecule has 134 valence electrons. The van der Waals surface area contributed by atoms with Gasteiger partial charge in [-0.05, 0) is 59.3 Å². The van der Waals surface area contributed by atoms with E-state index in [1.54, 1.807) is 11.3 Å². The molecule has 8 heteroatoms. The van der Waals surface area contributed by atoms with E-state index in [2.05, 4.69) is 10.6 Å². The van der Waals surface area contributed by atoms with Crippen LogP contribution >= 0.6 is 22.9 Å². The minimum atomic E-state index is -0.850. The van der Waals surface area contributed by atoms with Crippen LogP contribution in [-0.4, -0.2) is 30.1 Å². The van der Waals surface area contributed by atoms with E-state index in [4.69, 9.17) is 16.7 Å². The van der Waals surface area contributed by atoms with E-state index in [0.717, 1.165) is 11.6 Å². The monoisotopic (exact) mass is 384 g/mol. The average molecular weight is 385 g/mol. The van der Waals surface area contributed by atoms with E-state index in [9.17, 15) is 14.0 Å². The number of carbonyl (C=O) groups excluding carboxylic acids is 2. The van der Waals surface area contributed by atoms with Gasteiger partial charge in [0.05, 0.1) is 5.02 Å². The van der Waals surface area contributed by atoms with Crippen molar-refractivity contribution in [3.8, 4) is 0 Å². The van der Waals surface area contributed by atoms with Crippen molar-refractivity contribution in [3.63, 3.8) is 0 Å². The molecule has 0 unspecified atom stereocenters. The van der Waals surface area contributed by atoms with Crippen molar-refractivity contribution in [1.82, 2.24) is 5.32 Å². The molecule has 3 N–H and O–H groups in total. The average Bonchev–Trinajstić information content (AvgIpc) is 3.11. The van der Waals surface area contributed by atoms with Gasteiger partial charge in [-0.3, -0.25) is 9.59 Å². The minimum absolute atomic E-state index is 0.0558. The third-order valence-corrected chi connectivity index (χ3v) is 4.65. The minimum Gasteiger partial charge on any atom is -0.396 e. The maximum Gasteiger partial charge on any atom is 0.313 e. The molecule has 1 aromatic carbocycles. The summed E-state index contributed by atoms with van der Waals surface area (Å²) in [4.78, 5) is 23.7. The van der Waals surface area contributed by atoms with Gasteiger partial charge in [-0.2, -0.15) is 11.3 Å². The maximum atomic E-state index is 13.1. The molecule has 5 nitrogen and oxygen atoms in total. The Kier molecular flexibility index (Phi) is 7.36. The first-order valence-corrected chi connectivity index (χ1v) is 9.00. The van der Waals surface area contributed by atoms with Crippen molar-refractivity contribution in [2.24, 2.45) is 0 Å². The molecule has 0 radical (unpaired) electrons. The molecule has 0 bridgehead atoms. The lowest BCUT2D eigenvalue weighted by atomic mass is 9.95. The number of nitrogens with one attached hydrogen (secondary N) is 2. The Labute approximate surface area is 153 Å². The summed E-state index contributed by atoms with van der Waals surface area (Å²) in [7, 11) is 0. The second kappa shape index (κ2) is 9.50. The maximum absolute atomic E-state index is 13.1. The van der Waals surface area contributed by atoms with E-state index >= 15 is 0 Å². The van der Waals surface area contributed by atoms with E-state index in [0.29, 0.717) is 19.4 Å². The number of anilines is 1. The van der Waals surface area contributed by atoms with Crippen molar-refractivity contribution in [2.45, 2.75) is 18.8 Å². The zero-order valence-corrected chi connectivity index (χ0v) is 14.9. The fraction of sp³-hybridized carbons (Fsp3) is 0.294. The molecule has 25 heavy (non-hydrogen) atoms. The van der Waals surface area contributed by atoms with Crippen molar-refractivity contribution >= 4 is 40.4 Å². The summed E-state index contributed by atoms with van der Waals surface area (Å²) in [6.45, 7) is 0.358. The van der Waals surface area contributed by atoms with Crippen LogP contribution in [0.15, 0.2) is 35.0 Å². The van der Waals surface area contributed by atoms with E-state index in [-0.39, 0.29) is 23.2 Å². The smallest absolute Gasteiger partial charge is 0.313 e. The number of aliphatic hydroxyl groups is 1. The predicted octanol–water partition coefficient (Wildman–Crippen LogP) is 3.15. The lowest BCUT2D eigenvalue weighted by molar-refractivity contribution is -0.136. The van der Waals surface area contributed by atoms with Crippen LogP contribution in [0.25, 0.3) is 0 Å². The highest BCUT2D eigenvalue weighted by Crippen LogP contribution is 2.24. The van der Waals surface area contributed by atoms with Gasteiger partial charge in [0.25, 0.3) is 0 Å². The van der Waals surface area contributed by atoms with Gasteiger partial charge in [-0.25, -0.2) is 4.39 Å². The van der Waals surface area contributed by atoms with E-state index < -0.39 is 17.6 Å². The molecule has 1 atom stereocenters. The quantitative estimate of drug-likeness (QED) is 0.642. The summed E-state index contributed by atoms with van der Waals surface area (Å²) in [6.07, 6.45) is 1.20. The number of carbonyl (C=O) groups is 2. The highest BCUT2D eigenvalue weighted by atomic mass is 35.5. The van der Waals surface area contributed by atoms with Gasteiger partial charge >= 0.3 is 11.8 Å². The molecule has 1 aromatic heterocycles. The number of rotatable bonds is 7. The Bertz CT molecular complexity index is 725. The molecule has 0 spiro atoms. The van der Waals surface area contributed by atoms with E-state index in [1.807, 2.05) is 16.8 Å². The first-order valence-electron chi connectivity index (χ1n) is 7.68. The molecule has 0 fully saturated rings. The van der Waals surface area contributed by atoms with Gasteiger partial charge in [0.1, 0.15) is 5.82 Å². The fourth-order valence-electron chi connectivity index (χ4n) is 2.34. The van der Waals surface area contributed by atoms with Crippen molar-refractivity contribution in [2.75, 3.05) is 18.5 Å². The largest absolute Gasteiger partial charge is 0.396 e. The molecule has 0 aliphatic heterocycles. The van der Waals surface area contributed by atoms with Gasteiger partial charge in [-0.1, -0.05) is 11.6 Å². The van der Waals surface area contributed by atoms with Crippen molar-refractivity contribution in [1.29, 1.82) is 0 Å². The lowest BCUT2D eigenvalue weighted by Crippen LogP contribution is -2.36. The lowest BCUT2D eigenvalue weighted by Gasteiger charge is -2.15. The summed E-state index contributed by atoms with van der Waals surface area (Å²) in [5, 5.41) is 17.9. The molecule has 1 heterocycles. The third kappa shape index (κ3) is 5.81. The second-order valence-corrected chi connectivity index (χ2v) is 6.58. The van der Waals surface area contributed by atoms with Crippen molar-refractivity contribution < 1.29 is 19.1 Å². The molecule has 2 aromatic rings. The molecular formula is C17H18ClFN2O3S. The summed E-state index contributed by atoms with van der Waals surface area (Å²) in [5.41, 5.74) is 1.35. The fourth-order valence-corrected chi connectivity index (χ4v) is 3.27. The Hall–Kier alpha value is -1.96. The van der Waals surface area contributed by atoms with Crippen LogP contribution in [-0.2, 0) is 9.59 Å². The molecule has 0 aliphatic carbocycles. The van der Waals surface area contributed by atoms with Crippen LogP contribution in [0.3, 0.4) is 0 Å². The van der Waals surface area contributed by atoms with Crippen LogP contribution < -0.4 is 10.6 Å². The summed E-state index contributed by atoms with van der Waals surface area (Å²) >= 11 is 7.20. The highest BCUT2D eigenvalue weighted by molar-refractivity contribution is 7.08. The second-order valence-electron chi connectivity index (χ2n) is 5.39. The number of hydrogen-bond donors (Lipinski definition) is 3. The molecule has 0 aliphatic rings. The summed E-state index contributed by atoms with van der Waals surface area (Å²) in [6, 6.07) is 5.64. The van der Waals surface area contributed by atoms with Gasteiger partial charge in [0, 0.05) is 18.8 Å². The number of amides is 2. The third-order valence-electron chi connectivity index (χ3n) is 3.65. The Balaban J connectivity index is 1.82. The number of benzene rings is 1. The molecule has 0 saturated heterocycles. The predicted molar refractivity (Wildman–Crippen MR) is 96.4 cm³/mol. The highest BCUT2D eigenvalue weighted by Gasteiger charge is 2.16. The zero-order chi connectivity index (χ0) is 18.2. The number of hydrogen-bond acceptors (Lipinski definition) is 4.